The molecule has 1 saturated heterocycles. The van der Waals surface area contributed by atoms with Crippen molar-refractivity contribution in [1.29, 1.82) is 0 Å². The highest BCUT2D eigenvalue weighted by Gasteiger charge is 2.51. The van der Waals surface area contributed by atoms with E-state index >= 15 is 0 Å². The first-order chi connectivity index (χ1) is 8.43. The Hall–Kier alpha value is -1.05. The lowest BCUT2D eigenvalue weighted by Crippen LogP contribution is -2.68. The van der Waals surface area contributed by atoms with Crippen molar-refractivity contribution in [1.82, 2.24) is 4.90 Å². The molecule has 2 rings (SSSR count). The summed E-state index contributed by atoms with van der Waals surface area (Å²) in [6, 6.07) is -0.586. The zero-order valence-electron chi connectivity index (χ0n) is 10.3. The Balaban J connectivity index is 2.23. The summed E-state index contributed by atoms with van der Waals surface area (Å²) in [5.74, 6) is -0.884. The van der Waals surface area contributed by atoms with Gasteiger partial charge in [-0.25, -0.2) is 4.79 Å². The molecule has 0 spiro atoms. The topological polar surface area (TPSA) is 92.9 Å². The summed E-state index contributed by atoms with van der Waals surface area (Å²) < 4.78 is 5.43. The smallest absolute Gasteiger partial charge is 0.352 e. The number of aliphatic carboxylic acids is 1. The molecule has 2 aliphatic heterocycles. The predicted molar refractivity (Wildman–Crippen MR) is 66.8 cm³/mol. The molecule has 0 aromatic rings. The summed E-state index contributed by atoms with van der Waals surface area (Å²) in [5.41, 5.74) is 6.33. The largest absolute Gasteiger partial charge is 0.477 e. The first-order valence-corrected chi connectivity index (χ1v) is 6.75. The molecule has 6 nitrogen and oxygen atoms in total. The third kappa shape index (κ3) is 2.13. The molecule has 2 atom stereocenters. The van der Waals surface area contributed by atoms with Crippen LogP contribution in [0.4, 0.5) is 0 Å². The maximum Gasteiger partial charge on any atom is 0.352 e. The first kappa shape index (κ1) is 13.4. The quantitative estimate of drug-likeness (QED) is 0.699. The molecule has 0 radical (unpaired) electrons. The fourth-order valence-electron chi connectivity index (χ4n) is 1.96. The highest BCUT2D eigenvalue weighted by molar-refractivity contribution is 8.00. The summed E-state index contributed by atoms with van der Waals surface area (Å²) in [6.45, 7) is 3.99. The van der Waals surface area contributed by atoms with Gasteiger partial charge in [0.2, 0.25) is 5.91 Å². The average molecular weight is 272 g/mol. The van der Waals surface area contributed by atoms with E-state index < -0.39 is 12.0 Å². The fourth-order valence-corrected chi connectivity index (χ4v) is 3.23. The van der Waals surface area contributed by atoms with Crippen LogP contribution < -0.4 is 5.73 Å². The molecule has 1 amide bonds. The number of hydrogen-bond donors (Lipinski definition) is 2. The second-order valence-corrected chi connectivity index (χ2v) is 5.66. The molecule has 3 N–H and O–H groups in total. The number of rotatable bonds is 4. The number of carboxylic acids is 1. The minimum absolute atomic E-state index is 0.0182. The minimum atomic E-state index is -1.09. The number of amides is 1. The number of β-lactam (4-membered cyclic amide) rings is 1. The van der Waals surface area contributed by atoms with E-state index in [4.69, 9.17) is 10.5 Å². The number of carbonyl (C=O) groups is 2. The van der Waals surface area contributed by atoms with Gasteiger partial charge in [-0.3, -0.25) is 9.69 Å². The number of nitrogens with two attached hydrogens (primary N) is 1. The molecule has 0 aromatic carbocycles. The van der Waals surface area contributed by atoms with Crippen molar-refractivity contribution in [2.45, 2.75) is 31.4 Å². The fraction of sp³-hybridized carbons (Fsp3) is 0.636. The van der Waals surface area contributed by atoms with Gasteiger partial charge < -0.3 is 15.6 Å². The molecule has 100 valence electrons. The van der Waals surface area contributed by atoms with Crippen LogP contribution in [0.25, 0.3) is 0 Å². The van der Waals surface area contributed by atoms with Gasteiger partial charge >= 0.3 is 5.97 Å². The standard InChI is InChI=1S/C11H16N2O4S/c1-5(2)17-3-6-4-18-10-7(12)9(14)13(10)8(6)11(15)16/h5,7,10H,3-4,12H2,1-2H3,(H,15,16)/t7?,10-/m1/s1. The number of fused-ring (bicyclic) bond motifs is 1. The molecule has 0 bridgehead atoms. The van der Waals surface area contributed by atoms with Crippen LogP contribution in [0.1, 0.15) is 13.8 Å². The van der Waals surface area contributed by atoms with Gasteiger partial charge in [0.05, 0.1) is 12.7 Å². The molecule has 1 unspecified atom stereocenters. The summed E-state index contributed by atoms with van der Waals surface area (Å²) in [6.07, 6.45) is 0.0182. The van der Waals surface area contributed by atoms with Crippen molar-refractivity contribution in [2.24, 2.45) is 5.73 Å². The van der Waals surface area contributed by atoms with Crippen molar-refractivity contribution in [2.75, 3.05) is 12.4 Å². The second-order valence-electron chi connectivity index (χ2n) is 4.55. The Morgan fingerprint density at radius 1 is 1.67 bits per heavy atom. The summed E-state index contributed by atoms with van der Waals surface area (Å²) in [4.78, 5) is 24.2. The van der Waals surface area contributed by atoms with Crippen LogP contribution in [0.3, 0.4) is 0 Å². The van der Waals surface area contributed by atoms with E-state index in [1.807, 2.05) is 13.8 Å². The lowest BCUT2D eigenvalue weighted by molar-refractivity contribution is -0.148. The maximum absolute atomic E-state index is 11.6. The first-order valence-electron chi connectivity index (χ1n) is 5.70. The monoisotopic (exact) mass is 272 g/mol. The van der Waals surface area contributed by atoms with Crippen LogP contribution in [-0.2, 0) is 14.3 Å². The predicted octanol–water partition coefficient (Wildman–Crippen LogP) is -0.00750. The second kappa shape index (κ2) is 4.91. The average Bonchev–Trinajstić information content (AvgIpc) is 2.33. The summed E-state index contributed by atoms with van der Waals surface area (Å²) in [5, 5.41) is 9.00. The Bertz CT molecular complexity index is 421. The number of carboxylic acid groups (broad SMARTS) is 1. The van der Waals surface area contributed by atoms with E-state index in [1.54, 1.807) is 0 Å². The lowest BCUT2D eigenvalue weighted by atomic mass is 10.0. The number of thioether (sulfide) groups is 1. The van der Waals surface area contributed by atoms with Crippen LogP contribution in [0, 0.1) is 0 Å². The molecule has 18 heavy (non-hydrogen) atoms. The molecule has 0 aliphatic carbocycles. The molecule has 0 saturated carbocycles. The third-order valence-electron chi connectivity index (χ3n) is 2.88. The van der Waals surface area contributed by atoms with Crippen LogP contribution in [-0.4, -0.2) is 51.8 Å². The molecule has 1 fully saturated rings. The number of nitrogens with zero attached hydrogens (tertiary/aromatic N) is 1. The van der Waals surface area contributed by atoms with Gasteiger partial charge in [-0.1, -0.05) is 0 Å². The summed E-state index contributed by atoms with van der Waals surface area (Å²) >= 11 is 1.48. The van der Waals surface area contributed by atoms with E-state index in [1.165, 1.54) is 16.7 Å². The van der Waals surface area contributed by atoms with Gasteiger partial charge in [0.1, 0.15) is 17.1 Å². The normalized spacial score (nSPS) is 27.3. The van der Waals surface area contributed by atoms with Gasteiger partial charge in [-0.2, -0.15) is 0 Å². The van der Waals surface area contributed by atoms with Crippen molar-refractivity contribution in [3.05, 3.63) is 11.3 Å². The van der Waals surface area contributed by atoms with Crippen LogP contribution in [0.2, 0.25) is 0 Å². The molecular formula is C11H16N2O4S. The molecule has 7 heteroatoms. The van der Waals surface area contributed by atoms with Gasteiger partial charge in [0.25, 0.3) is 0 Å². The highest BCUT2D eigenvalue weighted by atomic mass is 32.2. The van der Waals surface area contributed by atoms with Crippen LogP contribution in [0.15, 0.2) is 11.3 Å². The molecule has 0 aromatic heterocycles. The SMILES string of the molecule is CC(C)OCC1=C(C(=O)O)N2C(=O)C(N)[C@H]2SC1. The summed E-state index contributed by atoms with van der Waals surface area (Å²) in [7, 11) is 0. The Labute approximate surface area is 109 Å². The van der Waals surface area contributed by atoms with E-state index in [-0.39, 0.29) is 29.7 Å². The van der Waals surface area contributed by atoms with Crippen molar-refractivity contribution in [3.63, 3.8) is 0 Å². The number of carbonyl (C=O) groups excluding carboxylic acids is 1. The third-order valence-corrected chi connectivity index (χ3v) is 4.24. The van der Waals surface area contributed by atoms with Gasteiger partial charge in [0, 0.05) is 5.75 Å². The van der Waals surface area contributed by atoms with Crippen LogP contribution >= 0.6 is 11.8 Å². The lowest BCUT2D eigenvalue weighted by Gasteiger charge is -2.48. The van der Waals surface area contributed by atoms with Gasteiger partial charge in [-0.15, -0.1) is 11.8 Å². The van der Waals surface area contributed by atoms with E-state index in [0.29, 0.717) is 11.3 Å². The van der Waals surface area contributed by atoms with Gasteiger partial charge in [0.15, 0.2) is 0 Å². The molecule has 2 heterocycles. The van der Waals surface area contributed by atoms with Gasteiger partial charge in [-0.05, 0) is 19.4 Å². The van der Waals surface area contributed by atoms with Crippen LogP contribution in [0.5, 0.6) is 0 Å². The number of ether oxygens (including phenoxy) is 1. The zero-order chi connectivity index (χ0) is 13.4. The Morgan fingerprint density at radius 3 is 2.89 bits per heavy atom. The number of hydrogen-bond acceptors (Lipinski definition) is 5. The molecular weight excluding hydrogens is 256 g/mol. The van der Waals surface area contributed by atoms with Crippen molar-refractivity contribution < 1.29 is 19.4 Å². The van der Waals surface area contributed by atoms with Crippen molar-refractivity contribution in [3.8, 4) is 0 Å². The minimum Gasteiger partial charge on any atom is -0.477 e. The van der Waals surface area contributed by atoms with E-state index in [2.05, 4.69) is 0 Å². The van der Waals surface area contributed by atoms with Crippen molar-refractivity contribution >= 4 is 23.6 Å². The van der Waals surface area contributed by atoms with E-state index in [9.17, 15) is 14.7 Å². The zero-order valence-corrected chi connectivity index (χ0v) is 11.1. The maximum atomic E-state index is 11.6. The Kier molecular flexibility index (Phi) is 3.65. The highest BCUT2D eigenvalue weighted by Crippen LogP contribution is 2.39. The van der Waals surface area contributed by atoms with E-state index in [0.717, 1.165) is 0 Å². The molecule has 2 aliphatic rings. The Morgan fingerprint density at radius 2 is 2.33 bits per heavy atom.